The molecular weight excluding hydrogens is 380 g/mol. The molecule has 0 unspecified atom stereocenters. The topological polar surface area (TPSA) is 115 Å². The van der Waals surface area contributed by atoms with Crippen LogP contribution in [0.2, 0.25) is 0 Å². The molecule has 0 fully saturated rings. The molecule has 0 saturated heterocycles. The predicted molar refractivity (Wildman–Crippen MR) is 105 cm³/mol. The van der Waals surface area contributed by atoms with Crippen LogP contribution in [-0.4, -0.2) is 61.7 Å². The molecule has 0 aliphatic carbocycles. The van der Waals surface area contributed by atoms with Gasteiger partial charge in [-0.15, -0.1) is 0 Å². The highest BCUT2D eigenvalue weighted by Gasteiger charge is 2.25. The molecule has 0 heterocycles. The van der Waals surface area contributed by atoms with Crippen molar-refractivity contribution < 1.29 is 39.1 Å². The largest absolute Gasteiger partial charge is 0.502 e. The Kier molecular flexibility index (Phi) is 8.11. The summed E-state index contributed by atoms with van der Waals surface area (Å²) in [6.45, 7) is -0.485. The summed E-state index contributed by atoms with van der Waals surface area (Å²) in [5, 5.41) is 28.7. The minimum absolute atomic E-state index is 0.0650. The van der Waals surface area contributed by atoms with E-state index in [2.05, 4.69) is 0 Å². The molecule has 0 amide bonds. The normalized spacial score (nSPS) is 11.6. The number of hydrogen-bond donors (Lipinski definition) is 3. The first kappa shape index (κ1) is 22.3. The number of aryl methyl sites for hydroxylation is 1. The van der Waals surface area contributed by atoms with Gasteiger partial charge in [0.1, 0.15) is 0 Å². The van der Waals surface area contributed by atoms with E-state index >= 15 is 0 Å². The molecule has 0 aromatic heterocycles. The molecule has 2 rings (SSSR count). The lowest BCUT2D eigenvalue weighted by molar-refractivity contribution is 0.0651. The second-order valence-corrected chi connectivity index (χ2v) is 6.20. The van der Waals surface area contributed by atoms with Crippen LogP contribution in [0.25, 0.3) is 0 Å². The van der Waals surface area contributed by atoms with Crippen LogP contribution in [0, 0.1) is 0 Å². The number of hydrogen-bond acceptors (Lipinski definition) is 8. The van der Waals surface area contributed by atoms with Gasteiger partial charge in [-0.1, -0.05) is 6.07 Å². The number of phenols is 1. The Morgan fingerprint density at radius 3 is 2.07 bits per heavy atom. The van der Waals surface area contributed by atoms with E-state index in [1.165, 1.54) is 33.5 Å². The molecule has 0 aliphatic heterocycles. The number of ether oxygens (including phenoxy) is 4. The SMILES string of the molecule is COc1cc(CCCO)ccc1O[C@@H](CO)C(=O)c1cc(OC)c(O)c(OC)c1. The Morgan fingerprint density at radius 1 is 0.931 bits per heavy atom. The maximum absolute atomic E-state index is 12.9. The summed E-state index contributed by atoms with van der Waals surface area (Å²) in [5.74, 6) is 0.0898. The molecule has 0 bridgehead atoms. The molecule has 8 heteroatoms. The lowest BCUT2D eigenvalue weighted by atomic mass is 10.0. The lowest BCUT2D eigenvalue weighted by Gasteiger charge is -2.19. The highest BCUT2D eigenvalue weighted by atomic mass is 16.5. The van der Waals surface area contributed by atoms with E-state index in [1.54, 1.807) is 18.2 Å². The van der Waals surface area contributed by atoms with Gasteiger partial charge >= 0.3 is 0 Å². The fourth-order valence-corrected chi connectivity index (χ4v) is 2.80. The molecule has 2 aromatic carbocycles. The maximum atomic E-state index is 12.9. The maximum Gasteiger partial charge on any atom is 0.205 e. The van der Waals surface area contributed by atoms with E-state index in [4.69, 9.17) is 24.1 Å². The van der Waals surface area contributed by atoms with E-state index in [1.807, 2.05) is 0 Å². The Balaban J connectivity index is 2.29. The Morgan fingerprint density at radius 2 is 1.55 bits per heavy atom. The molecule has 0 saturated carbocycles. The van der Waals surface area contributed by atoms with Gasteiger partial charge in [-0.25, -0.2) is 0 Å². The molecule has 1 atom stereocenters. The van der Waals surface area contributed by atoms with Crippen molar-refractivity contribution in [1.29, 1.82) is 0 Å². The summed E-state index contributed by atoms with van der Waals surface area (Å²) in [6.07, 6.45) is 0.0833. The summed E-state index contributed by atoms with van der Waals surface area (Å²) < 4.78 is 21.2. The number of aromatic hydroxyl groups is 1. The Labute approximate surface area is 169 Å². The molecule has 29 heavy (non-hydrogen) atoms. The van der Waals surface area contributed by atoms with Crippen molar-refractivity contribution in [3.05, 3.63) is 41.5 Å². The number of aliphatic hydroxyl groups is 2. The van der Waals surface area contributed by atoms with Crippen LogP contribution in [0.4, 0.5) is 0 Å². The van der Waals surface area contributed by atoms with Crippen molar-refractivity contribution in [3.63, 3.8) is 0 Å². The third kappa shape index (κ3) is 5.30. The van der Waals surface area contributed by atoms with Gasteiger partial charge in [-0.3, -0.25) is 4.79 Å². The zero-order valence-corrected chi connectivity index (χ0v) is 16.7. The molecule has 0 spiro atoms. The van der Waals surface area contributed by atoms with Crippen molar-refractivity contribution in [2.45, 2.75) is 18.9 Å². The van der Waals surface area contributed by atoms with Crippen molar-refractivity contribution in [3.8, 4) is 28.7 Å². The summed E-state index contributed by atoms with van der Waals surface area (Å²) in [7, 11) is 4.18. The van der Waals surface area contributed by atoms with Crippen LogP contribution < -0.4 is 18.9 Å². The first-order valence-corrected chi connectivity index (χ1v) is 9.03. The van der Waals surface area contributed by atoms with Gasteiger partial charge in [0.15, 0.2) is 29.1 Å². The van der Waals surface area contributed by atoms with Crippen LogP contribution in [0.5, 0.6) is 28.7 Å². The summed E-state index contributed by atoms with van der Waals surface area (Å²) in [6, 6.07) is 7.91. The smallest absolute Gasteiger partial charge is 0.205 e. The number of carbonyl (C=O) groups is 1. The quantitative estimate of drug-likeness (QED) is 0.485. The highest BCUT2D eigenvalue weighted by molar-refractivity contribution is 6.01. The van der Waals surface area contributed by atoms with Crippen LogP contribution in [0.1, 0.15) is 22.3 Å². The van der Waals surface area contributed by atoms with E-state index in [9.17, 15) is 15.0 Å². The molecule has 158 valence electrons. The van der Waals surface area contributed by atoms with Crippen molar-refractivity contribution in [2.75, 3.05) is 34.5 Å². The average Bonchev–Trinajstić information content (AvgIpc) is 2.75. The number of aliphatic hydroxyl groups excluding tert-OH is 2. The summed E-state index contributed by atoms with van der Waals surface area (Å²) in [5.41, 5.74) is 1.09. The van der Waals surface area contributed by atoms with Crippen LogP contribution in [-0.2, 0) is 6.42 Å². The first-order chi connectivity index (χ1) is 14.0. The molecule has 0 aliphatic rings. The lowest BCUT2D eigenvalue weighted by Crippen LogP contribution is -2.31. The second kappa shape index (κ2) is 10.5. The third-order valence-electron chi connectivity index (χ3n) is 4.34. The zero-order chi connectivity index (χ0) is 21.4. The monoisotopic (exact) mass is 406 g/mol. The van der Waals surface area contributed by atoms with Crippen molar-refractivity contribution in [2.24, 2.45) is 0 Å². The fraction of sp³-hybridized carbons (Fsp3) is 0.381. The van der Waals surface area contributed by atoms with Gasteiger partial charge in [0, 0.05) is 12.2 Å². The highest BCUT2D eigenvalue weighted by Crippen LogP contribution is 2.38. The minimum atomic E-state index is -1.20. The zero-order valence-electron chi connectivity index (χ0n) is 16.7. The van der Waals surface area contributed by atoms with E-state index < -0.39 is 18.5 Å². The number of methoxy groups -OCH3 is 3. The van der Waals surface area contributed by atoms with Gasteiger partial charge in [-0.05, 0) is 42.7 Å². The molecule has 0 radical (unpaired) electrons. The predicted octanol–water partition coefficient (Wildman–Crippen LogP) is 1.97. The second-order valence-electron chi connectivity index (χ2n) is 6.20. The van der Waals surface area contributed by atoms with Gasteiger partial charge in [0.2, 0.25) is 11.5 Å². The van der Waals surface area contributed by atoms with Crippen molar-refractivity contribution in [1.82, 2.24) is 0 Å². The van der Waals surface area contributed by atoms with Crippen LogP contribution in [0.15, 0.2) is 30.3 Å². The molecule has 2 aromatic rings. The molecular formula is C21H26O8. The van der Waals surface area contributed by atoms with Crippen LogP contribution in [0.3, 0.4) is 0 Å². The van der Waals surface area contributed by atoms with E-state index in [0.717, 1.165) is 5.56 Å². The summed E-state index contributed by atoms with van der Waals surface area (Å²) >= 11 is 0. The number of benzene rings is 2. The number of ketones is 1. The van der Waals surface area contributed by atoms with Crippen LogP contribution >= 0.6 is 0 Å². The van der Waals surface area contributed by atoms with E-state index in [-0.39, 0.29) is 29.4 Å². The van der Waals surface area contributed by atoms with Gasteiger partial charge < -0.3 is 34.3 Å². The third-order valence-corrected chi connectivity index (χ3v) is 4.34. The van der Waals surface area contributed by atoms with Crippen molar-refractivity contribution >= 4 is 5.78 Å². The Bertz CT molecular complexity index is 808. The molecule has 8 nitrogen and oxygen atoms in total. The van der Waals surface area contributed by atoms with Gasteiger partial charge in [0.25, 0.3) is 0 Å². The minimum Gasteiger partial charge on any atom is -0.502 e. The van der Waals surface area contributed by atoms with E-state index in [0.29, 0.717) is 24.3 Å². The van der Waals surface area contributed by atoms with Gasteiger partial charge in [0.05, 0.1) is 27.9 Å². The standard InChI is InChI=1S/C21H26O8/c1-26-16-9-13(5-4-8-22)6-7-15(16)29-19(12-23)20(24)14-10-17(27-2)21(25)18(11-14)28-3/h6-7,9-11,19,22-23,25H,4-5,8,12H2,1-3H3/t19-/m0/s1. The summed E-state index contributed by atoms with van der Waals surface area (Å²) in [4.78, 5) is 12.9. The number of rotatable bonds is 11. The first-order valence-electron chi connectivity index (χ1n) is 9.03. The number of phenolic OH excluding ortho intramolecular Hbond substituents is 1. The molecule has 3 N–H and O–H groups in total. The Hall–Kier alpha value is -2.97. The fourth-order valence-electron chi connectivity index (χ4n) is 2.80. The number of carbonyl (C=O) groups excluding carboxylic acids is 1. The average molecular weight is 406 g/mol. The number of Topliss-reactive ketones (excluding diaryl/α,β-unsaturated/α-hetero) is 1. The van der Waals surface area contributed by atoms with Gasteiger partial charge in [-0.2, -0.15) is 0 Å².